The van der Waals surface area contributed by atoms with Gasteiger partial charge in [-0.05, 0) is 56.9 Å². The Morgan fingerprint density at radius 3 is 1.58 bits per heavy atom. The van der Waals surface area contributed by atoms with Crippen LogP contribution in [0.15, 0.2) is 0 Å². The monoisotopic (exact) mass is 782 g/mol. The number of ether oxygens (including phenoxy) is 4. The first-order valence-electron chi connectivity index (χ1n) is 18.8. The van der Waals surface area contributed by atoms with Crippen LogP contribution >= 0.6 is 20.2 Å². The fourth-order valence-electron chi connectivity index (χ4n) is 8.13. The first-order chi connectivity index (χ1) is 24.5. The van der Waals surface area contributed by atoms with E-state index < -0.39 is 11.9 Å². The second kappa shape index (κ2) is 23.6. The molecule has 11 nitrogen and oxygen atoms in total. The number of carbonyl (C=O) groups excluding carboxylic acids is 2. The molecule has 2 bridgehead atoms. The molecule has 1 aliphatic heterocycles. The summed E-state index contributed by atoms with van der Waals surface area (Å²) in [7, 11) is 11.2. The van der Waals surface area contributed by atoms with Gasteiger partial charge in [0.1, 0.15) is 13.2 Å². The molecule has 0 unspecified atom stereocenters. The summed E-state index contributed by atoms with van der Waals surface area (Å²) in [6.45, 7) is 6.05. The summed E-state index contributed by atoms with van der Waals surface area (Å²) in [5.74, 6) is -0.839. The van der Waals surface area contributed by atoms with Crippen LogP contribution in [-0.2, 0) is 45.2 Å². The quantitative estimate of drug-likeness (QED) is 0.136. The van der Waals surface area contributed by atoms with Crippen LogP contribution in [-0.4, -0.2) is 94.3 Å². The number of aromatic nitrogens is 1. The zero-order chi connectivity index (χ0) is 35.6. The Hall–Kier alpha value is -1.05. The summed E-state index contributed by atoms with van der Waals surface area (Å²) in [6, 6.07) is 1.23. The van der Waals surface area contributed by atoms with Gasteiger partial charge in [0.05, 0.1) is 35.7 Å². The summed E-state index contributed by atoms with van der Waals surface area (Å²) >= 11 is 0.00694. The van der Waals surface area contributed by atoms with Gasteiger partial charge in [0.25, 0.3) is 0 Å². The number of hydrogen-bond acceptors (Lipinski definition) is 11. The SMILES string of the molecule is CCOCCOC(=O)c1c2nc(c(C(=O)OCCOC)c1C1CCCCC1)CN[C@@H]1CCCC[C@H]1NCCN[C@@H]1CCCC[C@H]1NC2.[Cl][Mn][Cl]. The van der Waals surface area contributed by atoms with E-state index in [0.717, 1.165) is 76.4 Å². The molecule has 14 heteroatoms. The Morgan fingerprint density at radius 2 is 1.12 bits per heavy atom. The molecule has 5 rings (SSSR count). The molecule has 0 spiro atoms. The minimum absolute atomic E-state index is 0.00694. The first-order valence-corrected chi connectivity index (χ1v) is 22.0. The molecule has 1 aromatic heterocycles. The van der Waals surface area contributed by atoms with E-state index in [1.54, 1.807) is 7.11 Å². The van der Waals surface area contributed by atoms with Crippen LogP contribution in [0.5, 0.6) is 0 Å². The van der Waals surface area contributed by atoms with Crippen molar-refractivity contribution in [2.24, 2.45) is 0 Å². The van der Waals surface area contributed by atoms with Crippen molar-refractivity contribution in [3.05, 3.63) is 28.1 Å². The third-order valence-electron chi connectivity index (χ3n) is 10.5. The molecule has 0 aromatic carbocycles. The molecule has 4 atom stereocenters. The van der Waals surface area contributed by atoms with Gasteiger partial charge in [-0.25, -0.2) is 9.59 Å². The van der Waals surface area contributed by atoms with E-state index in [1.807, 2.05) is 6.92 Å². The molecule has 4 aliphatic rings. The molecule has 0 radical (unpaired) electrons. The van der Waals surface area contributed by atoms with Crippen LogP contribution in [0.3, 0.4) is 0 Å². The van der Waals surface area contributed by atoms with Crippen LogP contribution in [0.4, 0.5) is 0 Å². The van der Waals surface area contributed by atoms with Crippen LogP contribution < -0.4 is 21.3 Å². The van der Waals surface area contributed by atoms with Crippen molar-refractivity contribution in [3.8, 4) is 0 Å². The zero-order valence-electron chi connectivity index (χ0n) is 30.0. The number of nitrogens with zero attached hydrogens (tertiary/aromatic N) is 1. The van der Waals surface area contributed by atoms with E-state index in [1.165, 1.54) is 25.7 Å². The average molecular weight is 784 g/mol. The van der Waals surface area contributed by atoms with E-state index in [2.05, 4.69) is 21.3 Å². The average Bonchev–Trinajstić information content (AvgIpc) is 3.14. The number of hydrogen-bond donors (Lipinski definition) is 4. The van der Waals surface area contributed by atoms with Gasteiger partial charge in [-0.3, -0.25) is 4.98 Å². The summed E-state index contributed by atoms with van der Waals surface area (Å²) in [4.78, 5) is 33.5. The van der Waals surface area contributed by atoms with Crippen LogP contribution in [0.25, 0.3) is 0 Å². The molecule has 3 saturated carbocycles. The standard InChI is InChI=1S/C36H59N5O6.2ClH.Mn/c1-3-45-20-22-47-36(43)34-31-24-40-29-16-10-8-14-27(29)38-18-17-37-26-13-7-9-15-28(26)39-23-30(41-31)33(35(42)46-21-19-44-2)32(34)25-11-5-4-6-12-25;;;/h25-29,37-40H,3-24H2,1-2H3;2*1H;/q;;;+2/p-2/t26-,27-,28-,29-;;;/m1.../s1. The molecule has 1 aromatic rings. The molecule has 50 heavy (non-hydrogen) atoms. The molecule has 285 valence electrons. The molecule has 3 fully saturated rings. The Bertz CT molecular complexity index is 1180. The fraction of sp³-hybridized carbons (Fsp3) is 0.806. The van der Waals surface area contributed by atoms with Crippen molar-refractivity contribution in [2.45, 2.75) is 134 Å². The molecular weight excluding hydrogens is 724 g/mol. The predicted octanol–water partition coefficient (Wildman–Crippen LogP) is 5.50. The molecule has 0 amide bonds. The number of pyridine rings is 1. The number of esters is 2. The van der Waals surface area contributed by atoms with Gasteiger partial charge >= 0.3 is 45.3 Å². The van der Waals surface area contributed by atoms with E-state index in [9.17, 15) is 9.59 Å². The molecule has 4 N–H and O–H groups in total. The Balaban J connectivity index is 0.00000181. The summed E-state index contributed by atoms with van der Waals surface area (Å²) in [6.07, 6.45) is 14.2. The third kappa shape index (κ3) is 12.5. The fourth-order valence-corrected chi connectivity index (χ4v) is 8.13. The van der Waals surface area contributed by atoms with Gasteiger partial charge in [-0.1, -0.05) is 44.9 Å². The van der Waals surface area contributed by atoms with Gasteiger partial charge in [0, 0.05) is 64.1 Å². The number of carbonyl (C=O) groups is 2. The molecule has 0 saturated heterocycles. The number of halogens is 2. The maximum absolute atomic E-state index is 14.2. The summed E-state index contributed by atoms with van der Waals surface area (Å²) < 4.78 is 22.4. The topological polar surface area (TPSA) is 132 Å². The third-order valence-corrected chi connectivity index (χ3v) is 10.5. The van der Waals surface area contributed by atoms with Crippen molar-refractivity contribution < 1.29 is 41.7 Å². The van der Waals surface area contributed by atoms with Crippen LogP contribution in [0.1, 0.15) is 134 Å². The predicted molar refractivity (Wildman–Crippen MR) is 192 cm³/mol. The summed E-state index contributed by atoms with van der Waals surface area (Å²) in [5, 5.41) is 15.3. The Morgan fingerprint density at radius 1 is 0.680 bits per heavy atom. The van der Waals surface area contributed by atoms with Crippen molar-refractivity contribution in [1.29, 1.82) is 0 Å². The van der Waals surface area contributed by atoms with Gasteiger partial charge in [-0.15, -0.1) is 0 Å². The second-order valence-electron chi connectivity index (χ2n) is 13.7. The van der Waals surface area contributed by atoms with Gasteiger partial charge in [0.15, 0.2) is 0 Å². The van der Waals surface area contributed by atoms with Gasteiger partial charge in [0.2, 0.25) is 0 Å². The van der Waals surface area contributed by atoms with Crippen LogP contribution in [0.2, 0.25) is 0 Å². The van der Waals surface area contributed by atoms with Crippen molar-refractivity contribution in [3.63, 3.8) is 0 Å². The normalized spacial score (nSPS) is 25.0. The zero-order valence-corrected chi connectivity index (χ0v) is 32.7. The van der Waals surface area contributed by atoms with E-state index in [0.29, 0.717) is 67.5 Å². The molecule has 3 aliphatic carbocycles. The van der Waals surface area contributed by atoms with E-state index >= 15 is 0 Å². The van der Waals surface area contributed by atoms with E-state index in [-0.39, 0.29) is 44.3 Å². The number of rotatable bonds is 10. The number of methoxy groups -OCH3 is 1. The maximum atomic E-state index is 14.2. The molecular formula is C36H59Cl2MnN5O6. The number of nitrogens with one attached hydrogen (secondary N) is 4. The van der Waals surface area contributed by atoms with Crippen molar-refractivity contribution >= 4 is 32.1 Å². The first kappa shape index (κ1) is 41.7. The second-order valence-corrected chi connectivity index (χ2v) is 15.6. The molecule has 2 heterocycles. The van der Waals surface area contributed by atoms with Crippen molar-refractivity contribution in [1.82, 2.24) is 26.3 Å². The van der Waals surface area contributed by atoms with Gasteiger partial charge in [-0.2, -0.15) is 0 Å². The van der Waals surface area contributed by atoms with Crippen molar-refractivity contribution in [2.75, 3.05) is 53.2 Å². The van der Waals surface area contributed by atoms with E-state index in [4.69, 9.17) is 44.1 Å². The summed E-state index contributed by atoms with van der Waals surface area (Å²) in [5.41, 5.74) is 2.95. The van der Waals surface area contributed by atoms with Gasteiger partial charge < -0.3 is 40.2 Å². The Kier molecular flexibility index (Phi) is 19.7. The Labute approximate surface area is 313 Å². The number of fused-ring (bicyclic) bond motifs is 4. The van der Waals surface area contributed by atoms with Crippen LogP contribution in [0, 0.1) is 0 Å². The minimum atomic E-state index is -0.442.